The molecule has 0 amide bonds. The fourth-order valence-corrected chi connectivity index (χ4v) is 1.06. The highest BCUT2D eigenvalue weighted by Crippen LogP contribution is 1.97. The van der Waals surface area contributed by atoms with Crippen LogP contribution in [0.25, 0.3) is 0 Å². The number of nitrogens with two attached hydrogens (primary N) is 1. The largest absolute Gasteiger partial charge is 0.342 e. The number of anilines is 1. The lowest BCUT2D eigenvalue weighted by Gasteiger charge is -2.16. The lowest BCUT2D eigenvalue weighted by molar-refractivity contribution is 0.400. The van der Waals surface area contributed by atoms with Crippen LogP contribution in [0.5, 0.6) is 0 Å². The number of hydrazine groups is 1. The molecule has 7 heteroatoms. The number of H-pyrrole nitrogens is 2. The van der Waals surface area contributed by atoms with E-state index in [1.807, 2.05) is 14.1 Å². The Balaban J connectivity index is 2.35. The Morgan fingerprint density at radius 2 is 2.14 bits per heavy atom. The first kappa shape index (κ1) is 10.7. The number of hydrogen-bond donors (Lipinski definition) is 3. The Kier molecular flexibility index (Phi) is 3.66. The molecule has 0 saturated carbocycles. The van der Waals surface area contributed by atoms with Crippen molar-refractivity contribution in [2.75, 3.05) is 32.2 Å². The van der Waals surface area contributed by atoms with Crippen LogP contribution >= 0.6 is 0 Å². The fraction of sp³-hybridized carbons (Fsp3) is 0.714. The first-order chi connectivity index (χ1) is 6.59. The van der Waals surface area contributed by atoms with Crippen molar-refractivity contribution in [2.24, 2.45) is 5.84 Å². The third-order valence-electron chi connectivity index (χ3n) is 1.77. The quantitative estimate of drug-likeness (QED) is 0.407. The minimum absolute atomic E-state index is 0.344. The summed E-state index contributed by atoms with van der Waals surface area (Å²) in [5, 5.41) is 7.38. The van der Waals surface area contributed by atoms with Crippen LogP contribution < -0.4 is 16.5 Å². The number of nitrogens with one attached hydrogen (secondary N) is 2. The van der Waals surface area contributed by atoms with E-state index in [0.29, 0.717) is 12.5 Å². The molecule has 1 rings (SSSR count). The van der Waals surface area contributed by atoms with E-state index in [1.54, 1.807) is 0 Å². The van der Waals surface area contributed by atoms with Gasteiger partial charge in [-0.05, 0) is 27.1 Å². The molecule has 4 N–H and O–H groups in total. The van der Waals surface area contributed by atoms with Crippen LogP contribution in [0, 0.1) is 0 Å². The van der Waals surface area contributed by atoms with Gasteiger partial charge in [0.25, 0.3) is 0 Å². The second kappa shape index (κ2) is 4.77. The standard InChI is InChI=1S/C7H16N6O/c1-12(2)4-3-5-13(8)6-9-7(14)11-10-6/h3-5,8H2,1-2H3,(H2,9,10,11,14). The maximum Gasteiger partial charge on any atom is 0.342 e. The highest BCUT2D eigenvalue weighted by molar-refractivity contribution is 5.23. The van der Waals surface area contributed by atoms with Crippen molar-refractivity contribution in [3.63, 3.8) is 0 Å². The Hall–Kier alpha value is -1.34. The summed E-state index contributed by atoms with van der Waals surface area (Å²) in [7, 11) is 3.99. The van der Waals surface area contributed by atoms with E-state index < -0.39 is 0 Å². The first-order valence-corrected chi connectivity index (χ1v) is 4.41. The molecule has 1 heterocycles. The van der Waals surface area contributed by atoms with Crippen molar-refractivity contribution >= 4 is 5.95 Å². The lowest BCUT2D eigenvalue weighted by Crippen LogP contribution is -2.34. The Bertz CT molecular complexity index is 316. The lowest BCUT2D eigenvalue weighted by atomic mass is 10.4. The van der Waals surface area contributed by atoms with E-state index in [2.05, 4.69) is 20.1 Å². The molecule has 0 atom stereocenters. The van der Waals surface area contributed by atoms with Gasteiger partial charge < -0.3 is 4.90 Å². The number of rotatable bonds is 5. The molecule has 80 valence electrons. The molecule has 14 heavy (non-hydrogen) atoms. The number of hydrogen-bond acceptors (Lipinski definition) is 5. The van der Waals surface area contributed by atoms with Gasteiger partial charge in [-0.2, -0.15) is 0 Å². The van der Waals surface area contributed by atoms with E-state index in [4.69, 9.17) is 5.84 Å². The molecule has 0 unspecified atom stereocenters. The minimum Gasteiger partial charge on any atom is -0.309 e. The zero-order chi connectivity index (χ0) is 10.6. The van der Waals surface area contributed by atoms with Gasteiger partial charge in [-0.15, -0.1) is 5.10 Å². The molecule has 0 aliphatic carbocycles. The predicted octanol–water partition coefficient (Wildman–Crippen LogP) is -1.27. The summed E-state index contributed by atoms with van der Waals surface area (Å²) < 4.78 is 0. The summed E-state index contributed by atoms with van der Waals surface area (Å²) in [6.07, 6.45) is 0.915. The zero-order valence-electron chi connectivity index (χ0n) is 8.45. The highest BCUT2D eigenvalue weighted by atomic mass is 16.1. The summed E-state index contributed by atoms with van der Waals surface area (Å²) in [4.78, 5) is 15.3. The normalized spacial score (nSPS) is 10.9. The molecule has 1 aromatic heterocycles. The number of nitrogens with zero attached hydrogens (tertiary/aromatic N) is 3. The monoisotopic (exact) mass is 200 g/mol. The maximum atomic E-state index is 10.7. The van der Waals surface area contributed by atoms with Gasteiger partial charge >= 0.3 is 5.69 Å². The van der Waals surface area contributed by atoms with Gasteiger partial charge in [0.1, 0.15) is 0 Å². The second-order valence-corrected chi connectivity index (χ2v) is 3.35. The Morgan fingerprint density at radius 1 is 1.43 bits per heavy atom. The van der Waals surface area contributed by atoms with Crippen molar-refractivity contribution in [3.8, 4) is 0 Å². The van der Waals surface area contributed by atoms with Crippen LogP contribution in [0.15, 0.2) is 4.79 Å². The van der Waals surface area contributed by atoms with Crippen LogP contribution in [-0.4, -0.2) is 47.3 Å². The van der Waals surface area contributed by atoms with Crippen LogP contribution in [0.1, 0.15) is 6.42 Å². The molecule has 7 nitrogen and oxygen atoms in total. The topological polar surface area (TPSA) is 94.0 Å². The number of aromatic amines is 2. The molecule has 0 aliphatic rings. The molecular weight excluding hydrogens is 184 g/mol. The minimum atomic E-state index is -0.344. The summed E-state index contributed by atoms with van der Waals surface area (Å²) in [5.41, 5.74) is -0.344. The van der Waals surface area contributed by atoms with Crippen LogP contribution in [0.2, 0.25) is 0 Å². The van der Waals surface area contributed by atoms with Crippen molar-refractivity contribution in [1.29, 1.82) is 0 Å². The summed E-state index contributed by atoms with van der Waals surface area (Å²) in [6.45, 7) is 1.60. The van der Waals surface area contributed by atoms with Crippen molar-refractivity contribution in [2.45, 2.75) is 6.42 Å². The SMILES string of the molecule is CN(C)CCCN(N)c1n[nH]c(=O)[nH]1. The van der Waals surface area contributed by atoms with Gasteiger partial charge in [0, 0.05) is 6.54 Å². The third kappa shape index (κ3) is 3.19. The number of aromatic nitrogens is 3. The third-order valence-corrected chi connectivity index (χ3v) is 1.77. The average molecular weight is 200 g/mol. The maximum absolute atomic E-state index is 10.7. The fourth-order valence-electron chi connectivity index (χ4n) is 1.06. The summed E-state index contributed by atoms with van der Waals surface area (Å²) in [5.74, 6) is 6.03. The van der Waals surface area contributed by atoms with E-state index in [9.17, 15) is 4.79 Å². The molecule has 0 saturated heterocycles. The smallest absolute Gasteiger partial charge is 0.309 e. The van der Waals surface area contributed by atoms with E-state index in [0.717, 1.165) is 13.0 Å². The van der Waals surface area contributed by atoms with E-state index >= 15 is 0 Å². The molecule has 0 aliphatic heterocycles. The molecule has 0 spiro atoms. The zero-order valence-corrected chi connectivity index (χ0v) is 8.45. The first-order valence-electron chi connectivity index (χ1n) is 4.41. The molecule has 0 aromatic carbocycles. The van der Waals surface area contributed by atoms with Gasteiger partial charge in [0.2, 0.25) is 5.95 Å². The molecule has 0 bridgehead atoms. The Morgan fingerprint density at radius 3 is 2.64 bits per heavy atom. The van der Waals surface area contributed by atoms with Crippen molar-refractivity contribution in [1.82, 2.24) is 20.1 Å². The van der Waals surface area contributed by atoms with Crippen molar-refractivity contribution in [3.05, 3.63) is 10.5 Å². The van der Waals surface area contributed by atoms with E-state index in [-0.39, 0.29) is 5.69 Å². The van der Waals surface area contributed by atoms with Crippen LogP contribution in [-0.2, 0) is 0 Å². The summed E-state index contributed by atoms with van der Waals surface area (Å²) in [6, 6.07) is 0. The van der Waals surface area contributed by atoms with Gasteiger partial charge in [0.05, 0.1) is 0 Å². The second-order valence-electron chi connectivity index (χ2n) is 3.35. The molecule has 1 aromatic rings. The molecule has 0 radical (unpaired) electrons. The van der Waals surface area contributed by atoms with Gasteiger partial charge in [-0.1, -0.05) is 0 Å². The molecular formula is C7H16N6O. The molecule has 0 fully saturated rings. The van der Waals surface area contributed by atoms with Crippen LogP contribution in [0.4, 0.5) is 5.95 Å². The average Bonchev–Trinajstić information content (AvgIpc) is 2.51. The summed E-state index contributed by atoms with van der Waals surface area (Å²) >= 11 is 0. The van der Waals surface area contributed by atoms with Gasteiger partial charge in [0.15, 0.2) is 0 Å². The van der Waals surface area contributed by atoms with Crippen LogP contribution in [0.3, 0.4) is 0 Å². The van der Waals surface area contributed by atoms with Gasteiger partial charge in [-0.25, -0.2) is 15.7 Å². The van der Waals surface area contributed by atoms with E-state index in [1.165, 1.54) is 5.01 Å². The van der Waals surface area contributed by atoms with Gasteiger partial charge in [-0.3, -0.25) is 9.99 Å². The Labute approximate surface area is 81.9 Å². The van der Waals surface area contributed by atoms with Crippen molar-refractivity contribution < 1.29 is 0 Å². The highest BCUT2D eigenvalue weighted by Gasteiger charge is 2.04. The predicted molar refractivity (Wildman–Crippen MR) is 53.9 cm³/mol.